The van der Waals surface area contributed by atoms with Gasteiger partial charge in [-0.1, -0.05) is 56.7 Å². The SMILES string of the molecule is C=C(NC(CC)CCC)c1ccc(C)cc1. The first-order chi connectivity index (χ1) is 7.67. The Hall–Kier alpha value is -1.24. The van der Waals surface area contributed by atoms with E-state index in [0.717, 1.165) is 12.1 Å². The van der Waals surface area contributed by atoms with Gasteiger partial charge in [0.2, 0.25) is 0 Å². The van der Waals surface area contributed by atoms with Gasteiger partial charge in [-0.25, -0.2) is 0 Å². The van der Waals surface area contributed by atoms with E-state index in [1.807, 2.05) is 0 Å². The van der Waals surface area contributed by atoms with Crippen molar-refractivity contribution in [1.29, 1.82) is 0 Å². The fourth-order valence-electron chi connectivity index (χ4n) is 1.81. The monoisotopic (exact) mass is 217 g/mol. The predicted molar refractivity (Wildman–Crippen MR) is 72.3 cm³/mol. The van der Waals surface area contributed by atoms with Gasteiger partial charge in [-0.2, -0.15) is 0 Å². The molecule has 0 spiro atoms. The van der Waals surface area contributed by atoms with Crippen LogP contribution in [0.1, 0.15) is 44.2 Å². The van der Waals surface area contributed by atoms with E-state index in [1.165, 1.54) is 24.0 Å². The normalized spacial score (nSPS) is 12.2. The summed E-state index contributed by atoms with van der Waals surface area (Å²) in [5, 5.41) is 3.51. The van der Waals surface area contributed by atoms with E-state index >= 15 is 0 Å². The van der Waals surface area contributed by atoms with Crippen molar-refractivity contribution in [2.24, 2.45) is 0 Å². The zero-order valence-electron chi connectivity index (χ0n) is 10.7. The summed E-state index contributed by atoms with van der Waals surface area (Å²) in [6, 6.07) is 9.07. The molecule has 1 nitrogen and oxygen atoms in total. The average Bonchev–Trinajstić information content (AvgIpc) is 2.29. The summed E-state index contributed by atoms with van der Waals surface area (Å²) in [6.45, 7) is 10.7. The molecule has 0 saturated carbocycles. The first-order valence-electron chi connectivity index (χ1n) is 6.19. The Kier molecular flexibility index (Phi) is 5.10. The molecule has 0 aliphatic heterocycles. The average molecular weight is 217 g/mol. The molecule has 0 heterocycles. The quantitative estimate of drug-likeness (QED) is 0.755. The number of hydrogen-bond donors (Lipinski definition) is 1. The molecule has 0 saturated heterocycles. The van der Waals surface area contributed by atoms with E-state index in [9.17, 15) is 0 Å². The third-order valence-electron chi connectivity index (χ3n) is 2.91. The zero-order valence-corrected chi connectivity index (χ0v) is 10.7. The van der Waals surface area contributed by atoms with E-state index in [0.29, 0.717) is 6.04 Å². The van der Waals surface area contributed by atoms with Crippen molar-refractivity contribution in [2.45, 2.75) is 46.1 Å². The van der Waals surface area contributed by atoms with Gasteiger partial charge in [0.25, 0.3) is 0 Å². The summed E-state index contributed by atoms with van der Waals surface area (Å²) >= 11 is 0. The molecule has 0 bridgehead atoms. The van der Waals surface area contributed by atoms with Crippen molar-refractivity contribution in [3.63, 3.8) is 0 Å². The van der Waals surface area contributed by atoms with Crippen molar-refractivity contribution < 1.29 is 0 Å². The third-order valence-corrected chi connectivity index (χ3v) is 2.91. The number of nitrogens with one attached hydrogen (secondary N) is 1. The molecule has 1 atom stereocenters. The zero-order chi connectivity index (χ0) is 12.0. The molecular formula is C15H23N. The molecular weight excluding hydrogens is 194 g/mol. The predicted octanol–water partition coefficient (Wildman–Crippen LogP) is 4.13. The molecule has 0 aliphatic carbocycles. The standard InChI is InChI=1S/C15H23N/c1-5-7-15(6-2)16-13(4)14-10-8-12(3)9-11-14/h8-11,15-16H,4-7H2,1-3H3. The van der Waals surface area contributed by atoms with Crippen LogP contribution in [0.25, 0.3) is 5.70 Å². The number of aryl methyl sites for hydroxylation is 1. The molecule has 1 aromatic carbocycles. The molecule has 1 heteroatoms. The highest BCUT2D eigenvalue weighted by atomic mass is 14.9. The van der Waals surface area contributed by atoms with Crippen molar-refractivity contribution in [3.8, 4) is 0 Å². The number of hydrogen-bond acceptors (Lipinski definition) is 1. The molecule has 0 aliphatic rings. The van der Waals surface area contributed by atoms with Gasteiger partial charge < -0.3 is 5.32 Å². The first kappa shape index (κ1) is 12.8. The van der Waals surface area contributed by atoms with Crippen LogP contribution < -0.4 is 5.32 Å². The molecule has 0 amide bonds. The van der Waals surface area contributed by atoms with E-state index < -0.39 is 0 Å². The highest BCUT2D eigenvalue weighted by molar-refractivity contribution is 5.61. The van der Waals surface area contributed by atoms with Gasteiger partial charge in [0.05, 0.1) is 0 Å². The first-order valence-corrected chi connectivity index (χ1v) is 6.19. The van der Waals surface area contributed by atoms with Crippen LogP contribution in [0, 0.1) is 6.92 Å². The van der Waals surface area contributed by atoms with Crippen LogP contribution in [0.3, 0.4) is 0 Å². The summed E-state index contributed by atoms with van der Waals surface area (Å²) in [7, 11) is 0. The maximum absolute atomic E-state index is 4.11. The van der Waals surface area contributed by atoms with Crippen LogP contribution >= 0.6 is 0 Å². The molecule has 0 radical (unpaired) electrons. The Morgan fingerprint density at radius 3 is 2.38 bits per heavy atom. The van der Waals surface area contributed by atoms with Gasteiger partial charge in [0, 0.05) is 11.7 Å². The fraction of sp³-hybridized carbons (Fsp3) is 0.467. The maximum atomic E-state index is 4.11. The molecule has 1 rings (SSSR count). The van der Waals surface area contributed by atoms with Crippen LogP contribution in [0.4, 0.5) is 0 Å². The van der Waals surface area contributed by atoms with Gasteiger partial charge in [0.15, 0.2) is 0 Å². The summed E-state index contributed by atoms with van der Waals surface area (Å²) in [5.74, 6) is 0. The summed E-state index contributed by atoms with van der Waals surface area (Å²) in [6.07, 6.45) is 3.58. The summed E-state index contributed by atoms with van der Waals surface area (Å²) in [4.78, 5) is 0. The lowest BCUT2D eigenvalue weighted by Gasteiger charge is -2.19. The molecule has 0 aromatic heterocycles. The highest BCUT2D eigenvalue weighted by Gasteiger charge is 2.06. The van der Waals surface area contributed by atoms with Crippen LogP contribution in [0.2, 0.25) is 0 Å². The maximum Gasteiger partial charge on any atom is 0.0342 e. The second-order valence-corrected chi connectivity index (χ2v) is 4.38. The van der Waals surface area contributed by atoms with Crippen LogP contribution in [-0.2, 0) is 0 Å². The Balaban J connectivity index is 2.60. The minimum Gasteiger partial charge on any atom is -0.382 e. The van der Waals surface area contributed by atoms with Crippen LogP contribution in [-0.4, -0.2) is 6.04 Å². The third kappa shape index (κ3) is 3.73. The topological polar surface area (TPSA) is 12.0 Å². The molecule has 16 heavy (non-hydrogen) atoms. The van der Waals surface area contributed by atoms with E-state index in [-0.39, 0.29) is 0 Å². The highest BCUT2D eigenvalue weighted by Crippen LogP contribution is 2.13. The lowest BCUT2D eigenvalue weighted by atomic mass is 10.1. The largest absolute Gasteiger partial charge is 0.382 e. The van der Waals surface area contributed by atoms with Gasteiger partial charge in [0.1, 0.15) is 0 Å². The second-order valence-electron chi connectivity index (χ2n) is 4.38. The van der Waals surface area contributed by atoms with Crippen molar-refractivity contribution in [3.05, 3.63) is 42.0 Å². The minimum atomic E-state index is 0.554. The molecule has 1 N–H and O–H groups in total. The van der Waals surface area contributed by atoms with E-state index in [4.69, 9.17) is 0 Å². The lowest BCUT2D eigenvalue weighted by Crippen LogP contribution is -2.26. The van der Waals surface area contributed by atoms with Gasteiger partial charge >= 0.3 is 0 Å². The van der Waals surface area contributed by atoms with E-state index in [1.54, 1.807) is 0 Å². The second kappa shape index (κ2) is 6.37. The fourth-order valence-corrected chi connectivity index (χ4v) is 1.81. The van der Waals surface area contributed by atoms with Gasteiger partial charge in [-0.3, -0.25) is 0 Å². The molecule has 1 unspecified atom stereocenters. The Morgan fingerprint density at radius 2 is 1.88 bits per heavy atom. The molecule has 1 aromatic rings. The Morgan fingerprint density at radius 1 is 1.25 bits per heavy atom. The number of rotatable bonds is 6. The smallest absolute Gasteiger partial charge is 0.0342 e. The Labute approximate surface area is 99.6 Å². The van der Waals surface area contributed by atoms with Crippen LogP contribution in [0.5, 0.6) is 0 Å². The van der Waals surface area contributed by atoms with Crippen molar-refractivity contribution >= 4 is 5.70 Å². The molecule has 0 fully saturated rings. The van der Waals surface area contributed by atoms with E-state index in [2.05, 4.69) is 56.9 Å². The van der Waals surface area contributed by atoms with Crippen molar-refractivity contribution in [2.75, 3.05) is 0 Å². The minimum absolute atomic E-state index is 0.554. The lowest BCUT2D eigenvalue weighted by molar-refractivity contribution is 0.529. The van der Waals surface area contributed by atoms with Gasteiger partial charge in [-0.05, 0) is 25.3 Å². The number of benzene rings is 1. The molecule has 88 valence electrons. The van der Waals surface area contributed by atoms with Crippen molar-refractivity contribution in [1.82, 2.24) is 5.32 Å². The Bertz CT molecular complexity index is 324. The summed E-state index contributed by atoms with van der Waals surface area (Å²) < 4.78 is 0. The summed E-state index contributed by atoms with van der Waals surface area (Å²) in [5.41, 5.74) is 3.53. The van der Waals surface area contributed by atoms with Crippen LogP contribution in [0.15, 0.2) is 30.8 Å². The van der Waals surface area contributed by atoms with Gasteiger partial charge in [-0.15, -0.1) is 0 Å².